The second-order valence-corrected chi connectivity index (χ2v) is 37.1. The molecule has 0 amide bonds. The highest BCUT2D eigenvalue weighted by Gasteiger charge is 2.30. The van der Waals surface area contributed by atoms with Crippen molar-refractivity contribution in [2.24, 2.45) is 0 Å². The maximum absolute atomic E-state index is 7.21. The van der Waals surface area contributed by atoms with E-state index in [4.69, 9.17) is 47.6 Å². The largest absolute Gasteiger partial charge is 0.455 e. The van der Waals surface area contributed by atoms with Crippen LogP contribution in [0.15, 0.2) is 430 Å². The van der Waals surface area contributed by atoms with Crippen molar-refractivity contribution < 1.29 is 17.7 Å². The molecule has 32 aromatic rings. The van der Waals surface area contributed by atoms with Crippen molar-refractivity contribution >= 4 is 240 Å². The Labute approximate surface area is 792 Å². The summed E-state index contributed by atoms with van der Waals surface area (Å²) in [6.07, 6.45) is 0. The number of hydrogen-bond acceptors (Lipinski definition) is 10. The lowest BCUT2D eigenvalue weighted by Crippen LogP contribution is -2.06. The maximum atomic E-state index is 7.21. The summed E-state index contributed by atoms with van der Waals surface area (Å²) in [5.74, 6) is 2.80. The van der Waals surface area contributed by atoms with E-state index in [1.54, 1.807) is 0 Å². The van der Waals surface area contributed by atoms with E-state index in [0.29, 0.717) is 57.5 Å². The third-order valence-corrected chi connectivity index (χ3v) is 29.5. The maximum Gasteiger partial charge on any atom is 0.238 e. The minimum atomic E-state index is 0.457. The van der Waals surface area contributed by atoms with Gasteiger partial charge in [0, 0.05) is 97.6 Å². The van der Waals surface area contributed by atoms with Crippen molar-refractivity contribution in [3.63, 3.8) is 0 Å². The number of para-hydroxylation sites is 10. The number of fused-ring (bicyclic) bond motifs is 32. The molecule has 0 saturated heterocycles. The van der Waals surface area contributed by atoms with Crippen LogP contribution in [-0.2, 0) is 0 Å². The zero-order chi connectivity index (χ0) is 91.0. The van der Waals surface area contributed by atoms with E-state index >= 15 is 0 Å². The Kier molecular flexibility index (Phi) is 15.2. The highest BCUT2D eigenvalue weighted by atomic mass is 16.3. The van der Waals surface area contributed by atoms with Crippen LogP contribution in [0.3, 0.4) is 0 Å². The molecule has 0 fully saturated rings. The Bertz CT molecular complexity index is 11100. The molecule has 0 aliphatic carbocycles. The van der Waals surface area contributed by atoms with Gasteiger partial charge in [-0.15, -0.1) is 0 Å². The first-order valence-corrected chi connectivity index (χ1v) is 47.2. The molecule has 32 rings (SSSR count). The normalized spacial score (nSPS) is 12.4. The molecule has 10 aromatic heterocycles. The summed E-state index contributed by atoms with van der Waals surface area (Å²) < 4.78 is 37.2. The van der Waals surface area contributed by atoms with Crippen LogP contribution in [0.4, 0.5) is 0 Å². The highest BCUT2D eigenvalue weighted by Crippen LogP contribution is 2.50. The summed E-state index contributed by atoms with van der Waals surface area (Å²) in [6, 6.07) is 148. The van der Waals surface area contributed by atoms with Crippen LogP contribution in [-0.4, -0.2) is 48.2 Å². The van der Waals surface area contributed by atoms with Crippen LogP contribution in [0.25, 0.3) is 320 Å². The first kappa shape index (κ1) is 75.3. The highest BCUT2D eigenvalue weighted by molar-refractivity contribution is 6.27. The number of aromatic nitrogens is 10. The molecule has 0 spiro atoms. The van der Waals surface area contributed by atoms with Gasteiger partial charge in [0.25, 0.3) is 0 Å². The second-order valence-electron chi connectivity index (χ2n) is 37.1. The van der Waals surface area contributed by atoms with Crippen LogP contribution in [0.1, 0.15) is 0 Å². The molecule has 22 aromatic carbocycles. The van der Waals surface area contributed by atoms with Crippen molar-refractivity contribution in [1.82, 2.24) is 48.2 Å². The lowest BCUT2D eigenvalue weighted by atomic mass is 9.96. The van der Waals surface area contributed by atoms with Crippen molar-refractivity contribution in [3.8, 4) is 79.9 Å². The topological polar surface area (TPSA) is 150 Å². The third kappa shape index (κ3) is 10.8. The average molecular weight is 1790 g/mol. The van der Waals surface area contributed by atoms with E-state index in [1.165, 1.54) is 10.8 Å². The summed E-state index contributed by atoms with van der Waals surface area (Å²) in [6.45, 7) is 0. The summed E-state index contributed by atoms with van der Waals surface area (Å²) in [4.78, 5) is 33.2. The molecule has 0 atom stereocenters. The van der Waals surface area contributed by atoms with Crippen LogP contribution >= 0.6 is 0 Å². The average Bonchev–Trinajstić information content (AvgIpc) is 1.55. The van der Waals surface area contributed by atoms with Crippen molar-refractivity contribution in [2.45, 2.75) is 0 Å². The molecular formula is C126H68N10O4. The predicted octanol–water partition coefficient (Wildman–Crippen LogP) is 33.3. The number of hydrogen-bond donors (Lipinski definition) is 0. The van der Waals surface area contributed by atoms with Gasteiger partial charge >= 0.3 is 0 Å². The standard InChI is InChI=1S/C126H68N10O4/c1-3-25-71-64-107-97(58-69(71)23-1)99-60-75-49-47-74(56-79(75)67-110(99)133(107)81-53-54-83-80(57-81)63-102(119-115(83)92-33-11-19-45-113(92)139-119)124-128-122(95-38-22-36-91-89-32-10-18-44-112(89)138-118(91)95)130-126(132-124)136-105-41-15-7-29-86(105)87-30-8-16-42-106(87)136)73-48-50-76-66-109-100(62-78(76)55-73)98-59-70-24-2-4-26-72(70)65-108(98)134(109)82-52-51-77-61-101(120-116(96(77)68-82)93-34-12-20-46-114(93)140-120)123-127-121(94-37-21-35-90-88-31-9-17-43-111(88)137-117(90)94)129-125(131-123)135-103-39-13-5-27-84(103)85-28-6-14-40-104(85)135/h1-68H. The summed E-state index contributed by atoms with van der Waals surface area (Å²) >= 11 is 0. The molecule has 646 valence electrons. The molecule has 0 N–H and O–H groups in total. The third-order valence-electron chi connectivity index (χ3n) is 29.5. The fourth-order valence-electron chi connectivity index (χ4n) is 23.2. The van der Waals surface area contributed by atoms with Crippen LogP contribution in [0.2, 0.25) is 0 Å². The quantitative estimate of drug-likeness (QED) is 0.137. The van der Waals surface area contributed by atoms with Crippen LogP contribution in [0.5, 0.6) is 0 Å². The molecular weight excluding hydrogens is 1720 g/mol. The minimum Gasteiger partial charge on any atom is -0.455 e. The number of furan rings is 4. The summed E-state index contributed by atoms with van der Waals surface area (Å²) in [7, 11) is 0. The monoisotopic (exact) mass is 1780 g/mol. The van der Waals surface area contributed by atoms with Crippen LogP contribution in [0, 0.1) is 0 Å². The molecule has 10 heterocycles. The van der Waals surface area contributed by atoms with E-state index < -0.39 is 0 Å². The number of benzene rings is 22. The molecule has 140 heavy (non-hydrogen) atoms. The Morgan fingerprint density at radius 3 is 0.943 bits per heavy atom. The first-order chi connectivity index (χ1) is 69.3. The number of rotatable bonds is 9. The van der Waals surface area contributed by atoms with Gasteiger partial charge in [0.2, 0.25) is 11.9 Å². The molecule has 0 aliphatic heterocycles. The van der Waals surface area contributed by atoms with E-state index in [2.05, 4.69) is 370 Å². The van der Waals surface area contributed by atoms with E-state index in [0.717, 1.165) is 251 Å². The smallest absolute Gasteiger partial charge is 0.238 e. The van der Waals surface area contributed by atoms with Gasteiger partial charge in [-0.25, -0.2) is 9.97 Å². The van der Waals surface area contributed by atoms with Crippen molar-refractivity contribution in [1.29, 1.82) is 0 Å². The summed E-state index contributed by atoms with van der Waals surface area (Å²) in [5, 5.41) is 30.2. The summed E-state index contributed by atoms with van der Waals surface area (Å²) in [5.41, 5.74) is 21.4. The Balaban J connectivity index is 0.549. The predicted molar refractivity (Wildman–Crippen MR) is 572 cm³/mol. The zero-order valence-corrected chi connectivity index (χ0v) is 74.4. The fraction of sp³-hybridized carbons (Fsp3) is 0. The molecule has 14 heteroatoms. The molecule has 14 nitrogen and oxygen atoms in total. The molecule has 0 radical (unpaired) electrons. The number of nitrogens with zero attached hydrogens (tertiary/aromatic N) is 10. The van der Waals surface area contributed by atoms with E-state index in [-0.39, 0.29) is 0 Å². The van der Waals surface area contributed by atoms with Gasteiger partial charge in [-0.1, -0.05) is 255 Å². The van der Waals surface area contributed by atoms with Crippen molar-refractivity contribution in [2.75, 3.05) is 0 Å². The van der Waals surface area contributed by atoms with E-state index in [1.807, 2.05) is 60.7 Å². The molecule has 0 bridgehead atoms. The van der Waals surface area contributed by atoms with Gasteiger partial charge in [-0.05, 0) is 233 Å². The Hall–Kier alpha value is -19.2. The molecule has 0 aliphatic rings. The van der Waals surface area contributed by atoms with Gasteiger partial charge in [-0.3, -0.25) is 9.13 Å². The van der Waals surface area contributed by atoms with E-state index in [9.17, 15) is 0 Å². The van der Waals surface area contributed by atoms with Gasteiger partial charge in [0.1, 0.15) is 44.7 Å². The fourth-order valence-corrected chi connectivity index (χ4v) is 23.2. The SMILES string of the molecule is c1ccc2cc3c(cc2c1)c1cc2cc(-c4ccc5cc6c7cc8ccccc8cc7n(-c7ccc8c(c7)cc(-c7nc(-c9cccc%10c9oc9ccccc9%10)nc(-n9c%10ccccc%10c%10ccccc%109)n7)c7oc9ccccc9c78)c6cc5c4)ccc2cc1n3-c1ccc2cc(-c3nc(-c4cccc5c4oc4ccccc45)nc(-n4c5ccccc5c5ccccc54)n3)c3oc4ccccc4c3c2c1. The Morgan fingerprint density at radius 2 is 0.479 bits per heavy atom. The van der Waals surface area contributed by atoms with Gasteiger partial charge in [-0.2, -0.15) is 19.9 Å². The zero-order valence-electron chi connectivity index (χ0n) is 74.4. The van der Waals surface area contributed by atoms with Crippen LogP contribution < -0.4 is 0 Å². The minimum absolute atomic E-state index is 0.457. The molecule has 0 unspecified atom stereocenters. The lowest BCUT2D eigenvalue weighted by molar-refractivity contribution is 0.668. The van der Waals surface area contributed by atoms with Gasteiger partial charge in [0.05, 0.1) is 66.4 Å². The van der Waals surface area contributed by atoms with Gasteiger partial charge in [0.15, 0.2) is 23.3 Å². The molecule has 0 saturated carbocycles. The Morgan fingerprint density at radius 1 is 0.157 bits per heavy atom. The second kappa shape index (κ2) is 28.2. The van der Waals surface area contributed by atoms with Gasteiger partial charge < -0.3 is 26.8 Å². The van der Waals surface area contributed by atoms with Crippen molar-refractivity contribution in [3.05, 3.63) is 413 Å². The first-order valence-electron chi connectivity index (χ1n) is 47.2. The lowest BCUT2D eigenvalue weighted by Gasteiger charge is -2.14.